The molecule has 2 rings (SSSR count). The summed E-state index contributed by atoms with van der Waals surface area (Å²) < 4.78 is 26.7. The van der Waals surface area contributed by atoms with Crippen molar-refractivity contribution in [2.24, 2.45) is 0 Å². The van der Waals surface area contributed by atoms with Crippen LogP contribution in [0, 0.1) is 0 Å². The average molecular weight is 368 g/mol. The molecule has 24 heavy (non-hydrogen) atoms. The fourth-order valence-electron chi connectivity index (χ4n) is 2.18. The van der Waals surface area contributed by atoms with E-state index in [1.54, 1.807) is 0 Å². The molecule has 0 aliphatic heterocycles. The van der Waals surface area contributed by atoms with Gasteiger partial charge in [-0.2, -0.15) is 0 Å². The highest BCUT2D eigenvalue weighted by Gasteiger charge is 2.17. The van der Waals surface area contributed by atoms with E-state index in [0.29, 0.717) is 13.0 Å². The molecule has 0 saturated carbocycles. The minimum atomic E-state index is -3.65. The van der Waals surface area contributed by atoms with Crippen molar-refractivity contribution in [2.75, 3.05) is 20.1 Å². The fraction of sp³-hybridized carbons (Fsp3) is 0.312. The van der Waals surface area contributed by atoms with E-state index in [1.165, 1.54) is 17.0 Å². The van der Waals surface area contributed by atoms with E-state index in [-0.39, 0.29) is 9.77 Å². The van der Waals surface area contributed by atoms with Crippen molar-refractivity contribution in [1.29, 1.82) is 0 Å². The van der Waals surface area contributed by atoms with Gasteiger partial charge in [-0.15, -0.1) is 11.3 Å². The van der Waals surface area contributed by atoms with Crippen LogP contribution in [0.4, 0.5) is 0 Å². The predicted octanol–water partition coefficient (Wildman–Crippen LogP) is 2.25. The molecule has 8 heteroatoms. The molecule has 2 N–H and O–H groups in total. The zero-order valence-electron chi connectivity index (χ0n) is 13.3. The highest BCUT2D eigenvalue weighted by Crippen LogP contribution is 2.19. The lowest BCUT2D eigenvalue weighted by atomic mass is 10.2. The van der Waals surface area contributed by atoms with Crippen molar-refractivity contribution in [3.63, 3.8) is 0 Å². The monoisotopic (exact) mass is 368 g/mol. The molecule has 0 bridgehead atoms. The number of nitrogens with one attached hydrogen (secondary N) is 1. The summed E-state index contributed by atoms with van der Waals surface area (Å²) >= 11 is 0.903. The number of hydrogen-bond acceptors (Lipinski definition) is 5. The molecule has 1 heterocycles. The van der Waals surface area contributed by atoms with Crippen molar-refractivity contribution in [3.8, 4) is 0 Å². The largest absolute Gasteiger partial charge is 0.477 e. The predicted molar refractivity (Wildman–Crippen MR) is 93.9 cm³/mol. The molecule has 0 atom stereocenters. The number of aromatic carboxylic acids is 1. The maximum Gasteiger partial charge on any atom is 0.345 e. The van der Waals surface area contributed by atoms with E-state index in [4.69, 9.17) is 5.11 Å². The lowest BCUT2D eigenvalue weighted by Crippen LogP contribution is -2.28. The van der Waals surface area contributed by atoms with Gasteiger partial charge in [-0.05, 0) is 31.6 Å². The number of hydrogen-bond donors (Lipinski definition) is 2. The Morgan fingerprint density at radius 1 is 1.29 bits per heavy atom. The Morgan fingerprint density at radius 2 is 2.00 bits per heavy atom. The third-order valence-corrected chi connectivity index (χ3v) is 5.91. The molecule has 0 aliphatic carbocycles. The van der Waals surface area contributed by atoms with Gasteiger partial charge in [-0.1, -0.05) is 30.3 Å². The maximum atomic E-state index is 12.1. The molecule has 6 nitrogen and oxygen atoms in total. The fourth-order valence-corrected chi connectivity index (χ4v) is 4.37. The van der Waals surface area contributed by atoms with Crippen LogP contribution in [-0.4, -0.2) is 44.5 Å². The molecule has 0 fully saturated rings. The van der Waals surface area contributed by atoms with E-state index >= 15 is 0 Å². The van der Waals surface area contributed by atoms with Crippen molar-refractivity contribution in [2.45, 2.75) is 17.9 Å². The summed E-state index contributed by atoms with van der Waals surface area (Å²) in [5.41, 5.74) is 1.21. The quantitative estimate of drug-likeness (QED) is 0.663. The first-order chi connectivity index (χ1) is 11.4. The van der Waals surface area contributed by atoms with Crippen LogP contribution in [0.3, 0.4) is 0 Å². The molecule has 130 valence electrons. The Hall–Kier alpha value is -1.74. The smallest absolute Gasteiger partial charge is 0.345 e. The molecule has 1 aromatic heterocycles. The van der Waals surface area contributed by atoms with Gasteiger partial charge in [0.1, 0.15) is 4.88 Å². The summed E-state index contributed by atoms with van der Waals surface area (Å²) in [4.78, 5) is 13.0. The number of sulfonamides is 1. The Morgan fingerprint density at radius 3 is 2.62 bits per heavy atom. The van der Waals surface area contributed by atoms with Crippen LogP contribution in [0.25, 0.3) is 0 Å². The molecule has 0 unspecified atom stereocenters. The molecular formula is C16H20N2O4S2. The molecule has 0 saturated heterocycles. The lowest BCUT2D eigenvalue weighted by Gasteiger charge is -2.16. The second-order valence-electron chi connectivity index (χ2n) is 5.43. The van der Waals surface area contributed by atoms with Crippen molar-refractivity contribution in [3.05, 3.63) is 52.2 Å². The summed E-state index contributed by atoms with van der Waals surface area (Å²) in [7, 11) is -1.67. The minimum Gasteiger partial charge on any atom is -0.477 e. The first kappa shape index (κ1) is 18.6. The topological polar surface area (TPSA) is 86.7 Å². The van der Waals surface area contributed by atoms with Crippen LogP contribution in [0.5, 0.6) is 0 Å². The van der Waals surface area contributed by atoms with Gasteiger partial charge in [0.15, 0.2) is 0 Å². The van der Waals surface area contributed by atoms with Crippen molar-refractivity contribution in [1.82, 2.24) is 9.62 Å². The molecule has 0 aliphatic rings. The third kappa shape index (κ3) is 5.41. The van der Waals surface area contributed by atoms with E-state index in [1.807, 2.05) is 25.2 Å². The van der Waals surface area contributed by atoms with E-state index in [2.05, 4.69) is 21.8 Å². The van der Waals surface area contributed by atoms with E-state index in [9.17, 15) is 13.2 Å². The number of carboxylic acids is 1. The number of thiophene rings is 1. The Kier molecular flexibility index (Phi) is 6.50. The van der Waals surface area contributed by atoms with Gasteiger partial charge in [0.25, 0.3) is 0 Å². The van der Waals surface area contributed by atoms with Gasteiger partial charge in [0.05, 0.1) is 4.90 Å². The minimum absolute atomic E-state index is 0.00235. The normalized spacial score (nSPS) is 11.8. The van der Waals surface area contributed by atoms with Crippen LogP contribution in [0.2, 0.25) is 0 Å². The Labute approximate surface area is 145 Å². The van der Waals surface area contributed by atoms with Crippen LogP contribution < -0.4 is 4.72 Å². The van der Waals surface area contributed by atoms with Gasteiger partial charge >= 0.3 is 5.97 Å². The molecule has 0 amide bonds. The number of benzene rings is 1. The number of carbonyl (C=O) groups is 1. The second kappa shape index (κ2) is 8.39. The van der Waals surface area contributed by atoms with Gasteiger partial charge in [0, 0.05) is 18.5 Å². The summed E-state index contributed by atoms with van der Waals surface area (Å²) in [5, 5.41) is 10.2. The van der Waals surface area contributed by atoms with E-state index in [0.717, 1.165) is 24.4 Å². The molecule has 2 aromatic rings. The van der Waals surface area contributed by atoms with Gasteiger partial charge < -0.3 is 10.0 Å². The highest BCUT2D eigenvalue weighted by atomic mass is 32.2. The Balaban J connectivity index is 1.77. The highest BCUT2D eigenvalue weighted by molar-refractivity contribution is 7.89. The zero-order chi connectivity index (χ0) is 17.6. The maximum absolute atomic E-state index is 12.1. The van der Waals surface area contributed by atoms with Crippen LogP contribution in [0.15, 0.2) is 46.7 Å². The van der Waals surface area contributed by atoms with Gasteiger partial charge in [0.2, 0.25) is 10.0 Å². The summed E-state index contributed by atoms with van der Waals surface area (Å²) in [5.74, 6) is -1.12. The van der Waals surface area contributed by atoms with Crippen LogP contribution in [-0.2, 0) is 16.6 Å². The first-order valence-corrected chi connectivity index (χ1v) is 9.79. The zero-order valence-corrected chi connectivity index (χ0v) is 14.9. The number of carboxylic acid groups (broad SMARTS) is 1. The summed E-state index contributed by atoms with van der Waals surface area (Å²) in [6.07, 6.45) is 0.665. The van der Waals surface area contributed by atoms with E-state index < -0.39 is 16.0 Å². The second-order valence-corrected chi connectivity index (χ2v) is 8.10. The molecule has 0 radical (unpaired) electrons. The lowest BCUT2D eigenvalue weighted by molar-refractivity contribution is 0.0702. The van der Waals surface area contributed by atoms with Gasteiger partial charge in [-0.3, -0.25) is 0 Å². The molecular weight excluding hydrogens is 348 g/mol. The van der Waals surface area contributed by atoms with Crippen LogP contribution >= 0.6 is 11.3 Å². The van der Waals surface area contributed by atoms with Crippen molar-refractivity contribution >= 4 is 27.3 Å². The average Bonchev–Trinajstić information content (AvgIpc) is 3.04. The number of rotatable bonds is 9. The van der Waals surface area contributed by atoms with Crippen LogP contribution in [0.1, 0.15) is 21.7 Å². The number of nitrogens with zero attached hydrogens (tertiary/aromatic N) is 1. The first-order valence-electron chi connectivity index (χ1n) is 7.42. The molecule has 1 aromatic carbocycles. The summed E-state index contributed by atoms with van der Waals surface area (Å²) in [6.45, 7) is 1.86. The third-order valence-electron chi connectivity index (χ3n) is 3.40. The molecule has 0 spiro atoms. The van der Waals surface area contributed by atoms with Gasteiger partial charge in [-0.25, -0.2) is 17.9 Å². The summed E-state index contributed by atoms with van der Waals surface area (Å²) in [6, 6.07) is 11.2. The standard InChI is InChI=1S/C16H20N2O4S2/c1-18(11-13-6-3-2-4-7-13)9-5-8-17-24(21,22)14-10-15(16(19)20)23-12-14/h2-4,6-7,10,12,17H,5,8-9,11H2,1H3,(H,19,20). The van der Waals surface area contributed by atoms with Crippen molar-refractivity contribution < 1.29 is 18.3 Å². The SMILES string of the molecule is CN(CCCNS(=O)(=O)c1csc(C(=O)O)c1)Cc1ccccc1. The Bertz CT molecular complexity index is 772.